The fourth-order valence-electron chi connectivity index (χ4n) is 3.65. The first-order valence-corrected chi connectivity index (χ1v) is 11.8. The fourth-order valence-corrected chi connectivity index (χ4v) is 3.94. The average molecular weight is 497 g/mol. The van der Waals surface area contributed by atoms with Crippen molar-refractivity contribution in [1.29, 1.82) is 0 Å². The largest absolute Gasteiger partial charge is 0.490 e. The van der Waals surface area contributed by atoms with Gasteiger partial charge in [0.05, 0.1) is 28.3 Å². The van der Waals surface area contributed by atoms with E-state index in [4.69, 9.17) is 32.7 Å². The number of para-hydroxylation sites is 2. The number of rotatable bonds is 10. The molecule has 0 radical (unpaired) electrons. The Labute approximate surface area is 204 Å². The number of hydrogen-bond acceptors (Lipinski definition) is 6. The van der Waals surface area contributed by atoms with Crippen LogP contribution in [0, 0.1) is 0 Å². The summed E-state index contributed by atoms with van der Waals surface area (Å²) in [4.78, 5) is 14.1. The van der Waals surface area contributed by atoms with Crippen LogP contribution in [0.3, 0.4) is 0 Å². The van der Waals surface area contributed by atoms with Crippen LogP contribution in [0.4, 0.5) is 5.69 Å². The van der Waals surface area contributed by atoms with Crippen molar-refractivity contribution in [3.63, 3.8) is 0 Å². The van der Waals surface area contributed by atoms with E-state index < -0.39 is 12.2 Å². The number of ether oxygens (including phenoxy) is 2. The zero-order valence-corrected chi connectivity index (χ0v) is 20.1. The third-order valence-corrected chi connectivity index (χ3v) is 6.01. The Bertz CT molecular complexity index is 919. The number of piperidine rings is 1. The van der Waals surface area contributed by atoms with E-state index in [1.807, 2.05) is 6.07 Å². The number of hydrogen-bond donors (Lipinski definition) is 3. The molecule has 3 N–H and O–H groups in total. The molecule has 180 valence electrons. The lowest BCUT2D eigenvalue weighted by Crippen LogP contribution is -2.43. The molecule has 1 saturated heterocycles. The van der Waals surface area contributed by atoms with Crippen molar-refractivity contribution in [1.82, 2.24) is 4.90 Å². The Balaban J connectivity index is 1.42. The smallest absolute Gasteiger partial charge is 0.227 e. The van der Waals surface area contributed by atoms with Gasteiger partial charge in [-0.1, -0.05) is 35.3 Å². The maximum atomic E-state index is 11.9. The van der Waals surface area contributed by atoms with Crippen LogP contribution < -0.4 is 14.8 Å². The summed E-state index contributed by atoms with van der Waals surface area (Å²) in [6, 6.07) is 12.3. The average Bonchev–Trinajstić information content (AvgIpc) is 2.76. The second-order valence-electron chi connectivity index (χ2n) is 8.26. The predicted molar refractivity (Wildman–Crippen MR) is 129 cm³/mol. The summed E-state index contributed by atoms with van der Waals surface area (Å²) < 4.78 is 11.8. The first kappa shape index (κ1) is 25.6. The number of benzene rings is 2. The molecule has 0 spiro atoms. The van der Waals surface area contributed by atoms with Crippen molar-refractivity contribution in [3.8, 4) is 11.5 Å². The molecule has 1 amide bonds. The molecule has 0 aromatic heterocycles. The quantitative estimate of drug-likeness (QED) is 0.460. The van der Waals surface area contributed by atoms with Gasteiger partial charge in [0.15, 0.2) is 0 Å². The summed E-state index contributed by atoms with van der Waals surface area (Å²) in [6.07, 6.45) is 0.362. The molecule has 1 aliphatic rings. The number of nitrogens with zero attached hydrogens (tertiary/aromatic N) is 1. The predicted octanol–water partition coefficient (Wildman–Crippen LogP) is 3.99. The molecule has 0 bridgehead atoms. The number of likely N-dealkylation sites (tertiary alicyclic amines) is 1. The van der Waals surface area contributed by atoms with Gasteiger partial charge in [-0.3, -0.25) is 4.79 Å². The Morgan fingerprint density at radius 3 is 2.58 bits per heavy atom. The summed E-state index contributed by atoms with van der Waals surface area (Å²) in [5.41, 5.74) is 0.510. The molecule has 3 rings (SSSR count). The summed E-state index contributed by atoms with van der Waals surface area (Å²) in [7, 11) is 0. The second-order valence-corrected chi connectivity index (χ2v) is 9.07. The van der Waals surface area contributed by atoms with Gasteiger partial charge in [-0.25, -0.2) is 0 Å². The van der Waals surface area contributed by atoms with Crippen molar-refractivity contribution < 1.29 is 24.5 Å². The molecular weight excluding hydrogens is 467 g/mol. The second kappa shape index (κ2) is 12.4. The number of β-amino-alcohol motifs (C(OH)–C–C–N with tert-alkyl or cyclic N) is 1. The Morgan fingerprint density at radius 1 is 1.15 bits per heavy atom. The third kappa shape index (κ3) is 8.36. The number of aliphatic hydroxyl groups is 2. The van der Waals surface area contributed by atoms with Gasteiger partial charge in [-0.05, 0) is 44.0 Å². The minimum Gasteiger partial charge on any atom is -0.490 e. The van der Waals surface area contributed by atoms with E-state index in [1.54, 1.807) is 43.3 Å². The summed E-state index contributed by atoms with van der Waals surface area (Å²) >= 11 is 12.0. The van der Waals surface area contributed by atoms with Crippen LogP contribution in [0.1, 0.15) is 26.2 Å². The van der Waals surface area contributed by atoms with Gasteiger partial charge in [-0.15, -0.1) is 0 Å². The van der Waals surface area contributed by atoms with Gasteiger partial charge in [0.1, 0.15) is 30.3 Å². The molecule has 0 saturated carbocycles. The van der Waals surface area contributed by atoms with E-state index in [9.17, 15) is 15.0 Å². The van der Waals surface area contributed by atoms with Gasteiger partial charge >= 0.3 is 0 Å². The van der Waals surface area contributed by atoms with Crippen LogP contribution >= 0.6 is 23.2 Å². The van der Waals surface area contributed by atoms with Crippen LogP contribution in [0.2, 0.25) is 10.0 Å². The highest BCUT2D eigenvalue weighted by molar-refractivity contribution is 6.42. The molecule has 33 heavy (non-hydrogen) atoms. The molecule has 1 fully saturated rings. The number of amides is 1. The lowest BCUT2D eigenvalue weighted by molar-refractivity contribution is -0.117. The zero-order valence-electron chi connectivity index (χ0n) is 18.5. The monoisotopic (exact) mass is 496 g/mol. The molecule has 2 aromatic rings. The summed E-state index contributed by atoms with van der Waals surface area (Å²) in [6.45, 7) is 3.74. The highest BCUT2D eigenvalue weighted by Crippen LogP contribution is 2.28. The van der Waals surface area contributed by atoms with Crippen molar-refractivity contribution in [2.24, 2.45) is 0 Å². The van der Waals surface area contributed by atoms with Gasteiger partial charge in [0, 0.05) is 25.7 Å². The van der Waals surface area contributed by atoms with E-state index in [1.165, 1.54) is 0 Å². The first-order chi connectivity index (χ1) is 15.8. The van der Waals surface area contributed by atoms with Crippen molar-refractivity contribution in [3.05, 3.63) is 52.5 Å². The molecular formula is C24H30Cl2N2O5. The fraction of sp³-hybridized carbons (Fsp3) is 0.458. The lowest BCUT2D eigenvalue weighted by Gasteiger charge is -2.33. The number of nitrogens with one attached hydrogen (secondary N) is 1. The number of carbonyl (C=O) groups is 1. The maximum absolute atomic E-state index is 11.9. The lowest BCUT2D eigenvalue weighted by atomic mass is 10.1. The normalized spacial score (nSPS) is 16.8. The SMILES string of the molecule is CC(O)CC(=O)Nc1ccccc1OCC(O)CN1CCC(Oc2ccc(Cl)c(Cl)c2)CC1. The van der Waals surface area contributed by atoms with Gasteiger partial charge in [0.25, 0.3) is 0 Å². The molecule has 2 atom stereocenters. The Kier molecular flexibility index (Phi) is 9.64. The van der Waals surface area contributed by atoms with Crippen LogP contribution in [0.15, 0.2) is 42.5 Å². The Hall–Kier alpha value is -2.03. The van der Waals surface area contributed by atoms with Gasteiger partial charge in [-0.2, -0.15) is 0 Å². The third-order valence-electron chi connectivity index (χ3n) is 5.27. The first-order valence-electron chi connectivity index (χ1n) is 11.0. The highest BCUT2D eigenvalue weighted by Gasteiger charge is 2.23. The minimum atomic E-state index is -0.724. The molecule has 7 nitrogen and oxygen atoms in total. The molecule has 9 heteroatoms. The molecule has 2 unspecified atom stereocenters. The Morgan fingerprint density at radius 2 is 1.88 bits per heavy atom. The number of aliphatic hydroxyl groups excluding tert-OH is 2. The van der Waals surface area contributed by atoms with E-state index in [0.717, 1.165) is 25.9 Å². The van der Waals surface area contributed by atoms with E-state index in [-0.39, 0.29) is 25.0 Å². The van der Waals surface area contributed by atoms with Gasteiger partial charge < -0.3 is 29.9 Å². The molecule has 0 aliphatic carbocycles. The van der Waals surface area contributed by atoms with Crippen LogP contribution in [0.25, 0.3) is 0 Å². The van der Waals surface area contributed by atoms with Crippen LogP contribution in [-0.4, -0.2) is 65.6 Å². The number of anilines is 1. The van der Waals surface area contributed by atoms with E-state index >= 15 is 0 Å². The summed E-state index contributed by atoms with van der Waals surface area (Å²) in [5.74, 6) is 0.882. The van der Waals surface area contributed by atoms with Crippen molar-refractivity contribution in [2.75, 3.05) is 31.6 Å². The number of halogens is 2. The maximum Gasteiger partial charge on any atom is 0.227 e. The number of carbonyl (C=O) groups excluding carboxylic acids is 1. The van der Waals surface area contributed by atoms with E-state index in [2.05, 4.69) is 10.2 Å². The molecule has 2 aromatic carbocycles. The van der Waals surface area contributed by atoms with Crippen LogP contribution in [0.5, 0.6) is 11.5 Å². The standard InChI is InChI=1S/C24H30Cl2N2O5/c1-16(29)12-24(31)27-22-4-2-3-5-23(22)32-15-17(30)14-28-10-8-18(9-11-28)33-19-6-7-20(25)21(26)13-19/h2-7,13,16-18,29-30H,8-12,14-15H2,1H3,(H,27,31). The zero-order chi connectivity index (χ0) is 23.8. The van der Waals surface area contributed by atoms with Crippen LogP contribution in [-0.2, 0) is 4.79 Å². The molecule has 1 aliphatic heterocycles. The minimum absolute atomic E-state index is 0.00167. The van der Waals surface area contributed by atoms with E-state index in [0.29, 0.717) is 33.8 Å². The van der Waals surface area contributed by atoms with Crippen molar-refractivity contribution in [2.45, 2.75) is 44.5 Å². The summed E-state index contributed by atoms with van der Waals surface area (Å²) in [5, 5.41) is 23.5. The van der Waals surface area contributed by atoms with Gasteiger partial charge in [0.2, 0.25) is 5.91 Å². The topological polar surface area (TPSA) is 91.3 Å². The highest BCUT2D eigenvalue weighted by atomic mass is 35.5. The van der Waals surface area contributed by atoms with Crippen molar-refractivity contribution >= 4 is 34.8 Å². The molecule has 1 heterocycles.